The Morgan fingerprint density at radius 1 is 1.29 bits per heavy atom. The Hall–Kier alpha value is -1.82. The highest BCUT2D eigenvalue weighted by Crippen LogP contribution is 2.28. The van der Waals surface area contributed by atoms with E-state index in [2.05, 4.69) is 20.5 Å². The number of rotatable bonds is 7. The lowest BCUT2D eigenvalue weighted by molar-refractivity contribution is -0.113. The number of H-pyrrole nitrogens is 1. The Bertz CT molecular complexity index is 662. The SMILES string of the molecule is Cc1ccc(NC(=O)CSc2n[nH]c(CCC3CCCC3)n2)cc1. The van der Waals surface area contributed by atoms with Crippen molar-refractivity contribution in [2.45, 2.75) is 50.6 Å². The quantitative estimate of drug-likeness (QED) is 0.746. The Balaban J connectivity index is 1.41. The zero-order chi connectivity index (χ0) is 16.8. The molecule has 0 saturated heterocycles. The van der Waals surface area contributed by atoms with Crippen molar-refractivity contribution in [3.05, 3.63) is 35.7 Å². The third-order valence-corrected chi connectivity index (χ3v) is 5.29. The van der Waals surface area contributed by atoms with Gasteiger partial charge in [-0.15, -0.1) is 5.10 Å². The van der Waals surface area contributed by atoms with E-state index in [0.717, 1.165) is 23.9 Å². The van der Waals surface area contributed by atoms with Crippen LogP contribution in [0.4, 0.5) is 5.69 Å². The summed E-state index contributed by atoms with van der Waals surface area (Å²) in [5.74, 6) is 2.06. The second kappa shape index (κ2) is 8.33. The summed E-state index contributed by atoms with van der Waals surface area (Å²) in [5, 5.41) is 10.7. The number of anilines is 1. The average molecular weight is 344 g/mol. The molecular formula is C18H24N4OS. The zero-order valence-electron chi connectivity index (χ0n) is 14.0. The number of thioether (sulfide) groups is 1. The first kappa shape index (κ1) is 17.0. The van der Waals surface area contributed by atoms with Crippen LogP contribution in [0.2, 0.25) is 0 Å². The van der Waals surface area contributed by atoms with E-state index in [0.29, 0.717) is 10.9 Å². The summed E-state index contributed by atoms with van der Waals surface area (Å²) < 4.78 is 0. The van der Waals surface area contributed by atoms with Crippen molar-refractivity contribution in [2.75, 3.05) is 11.1 Å². The van der Waals surface area contributed by atoms with Crippen molar-refractivity contribution in [3.8, 4) is 0 Å². The van der Waals surface area contributed by atoms with Gasteiger partial charge >= 0.3 is 0 Å². The summed E-state index contributed by atoms with van der Waals surface area (Å²) in [5.41, 5.74) is 1.99. The molecule has 0 spiro atoms. The first-order valence-electron chi connectivity index (χ1n) is 8.59. The second-order valence-corrected chi connectivity index (χ2v) is 7.40. The summed E-state index contributed by atoms with van der Waals surface area (Å²) in [4.78, 5) is 16.5. The van der Waals surface area contributed by atoms with E-state index in [1.54, 1.807) is 0 Å². The van der Waals surface area contributed by atoms with Crippen LogP contribution in [0.25, 0.3) is 0 Å². The van der Waals surface area contributed by atoms with Gasteiger partial charge in [0, 0.05) is 12.1 Å². The van der Waals surface area contributed by atoms with E-state index in [9.17, 15) is 4.79 Å². The monoisotopic (exact) mass is 344 g/mol. The van der Waals surface area contributed by atoms with Gasteiger partial charge in [-0.25, -0.2) is 4.98 Å². The van der Waals surface area contributed by atoms with Crippen LogP contribution in [-0.4, -0.2) is 26.8 Å². The van der Waals surface area contributed by atoms with Gasteiger partial charge in [0.1, 0.15) is 5.82 Å². The molecule has 0 radical (unpaired) electrons. The summed E-state index contributed by atoms with van der Waals surface area (Å²) >= 11 is 1.36. The predicted molar refractivity (Wildman–Crippen MR) is 97.2 cm³/mol. The smallest absolute Gasteiger partial charge is 0.234 e. The molecule has 6 heteroatoms. The minimum Gasteiger partial charge on any atom is -0.325 e. The third-order valence-electron chi connectivity index (χ3n) is 4.44. The van der Waals surface area contributed by atoms with Gasteiger partial charge in [-0.1, -0.05) is 55.1 Å². The minimum absolute atomic E-state index is 0.0406. The number of amides is 1. The minimum atomic E-state index is -0.0406. The van der Waals surface area contributed by atoms with Gasteiger partial charge in [-0.05, 0) is 31.4 Å². The first-order chi connectivity index (χ1) is 11.7. The average Bonchev–Trinajstić information content (AvgIpc) is 3.25. The molecule has 1 aromatic heterocycles. The highest BCUT2D eigenvalue weighted by atomic mass is 32.2. The van der Waals surface area contributed by atoms with E-state index in [4.69, 9.17) is 0 Å². The van der Waals surface area contributed by atoms with Gasteiger partial charge in [0.15, 0.2) is 0 Å². The Morgan fingerprint density at radius 2 is 2.04 bits per heavy atom. The zero-order valence-corrected chi connectivity index (χ0v) is 14.9. The van der Waals surface area contributed by atoms with E-state index in [-0.39, 0.29) is 5.91 Å². The molecule has 1 fully saturated rings. The van der Waals surface area contributed by atoms with Gasteiger partial charge in [-0.2, -0.15) is 0 Å². The maximum absolute atomic E-state index is 12.0. The Kier molecular flexibility index (Phi) is 5.91. The number of aromatic amines is 1. The number of nitrogens with one attached hydrogen (secondary N) is 2. The number of aryl methyl sites for hydroxylation is 2. The third kappa shape index (κ3) is 5.09. The van der Waals surface area contributed by atoms with E-state index >= 15 is 0 Å². The Labute approximate surface area is 147 Å². The molecule has 1 heterocycles. The van der Waals surface area contributed by atoms with Crippen LogP contribution in [0.1, 0.15) is 43.5 Å². The highest BCUT2D eigenvalue weighted by molar-refractivity contribution is 7.99. The summed E-state index contributed by atoms with van der Waals surface area (Å²) in [7, 11) is 0. The fourth-order valence-electron chi connectivity index (χ4n) is 3.06. The van der Waals surface area contributed by atoms with Crippen LogP contribution in [0.5, 0.6) is 0 Å². The van der Waals surface area contributed by atoms with Crippen molar-refractivity contribution in [1.82, 2.24) is 15.2 Å². The molecule has 1 amide bonds. The second-order valence-electron chi connectivity index (χ2n) is 6.46. The molecule has 0 atom stereocenters. The molecular weight excluding hydrogens is 320 g/mol. The molecule has 3 rings (SSSR count). The number of nitrogens with zero attached hydrogens (tertiary/aromatic N) is 2. The van der Waals surface area contributed by atoms with Crippen molar-refractivity contribution in [2.24, 2.45) is 5.92 Å². The standard InChI is InChI=1S/C18H24N4OS/c1-13-6-9-15(10-7-13)19-17(23)12-24-18-20-16(21-22-18)11-8-14-4-2-3-5-14/h6-7,9-10,14H,2-5,8,11-12H2,1H3,(H,19,23)(H,20,21,22). The normalized spacial score (nSPS) is 14.9. The van der Waals surface area contributed by atoms with E-state index < -0.39 is 0 Å². The van der Waals surface area contributed by atoms with Crippen LogP contribution in [0.3, 0.4) is 0 Å². The van der Waals surface area contributed by atoms with E-state index in [1.807, 2.05) is 31.2 Å². The molecule has 1 aliphatic carbocycles. The maximum Gasteiger partial charge on any atom is 0.234 e. The maximum atomic E-state index is 12.0. The van der Waals surface area contributed by atoms with Crippen molar-refractivity contribution < 1.29 is 4.79 Å². The molecule has 5 nitrogen and oxygen atoms in total. The number of carbonyl (C=O) groups is 1. The van der Waals surface area contributed by atoms with Gasteiger partial charge in [0.25, 0.3) is 0 Å². The van der Waals surface area contributed by atoms with Gasteiger partial charge < -0.3 is 5.32 Å². The van der Waals surface area contributed by atoms with Crippen LogP contribution < -0.4 is 5.32 Å². The number of carbonyl (C=O) groups excluding carboxylic acids is 1. The molecule has 128 valence electrons. The number of hydrogen-bond acceptors (Lipinski definition) is 4. The molecule has 0 unspecified atom stereocenters. The topological polar surface area (TPSA) is 70.7 Å². The molecule has 1 aliphatic rings. The molecule has 1 saturated carbocycles. The highest BCUT2D eigenvalue weighted by Gasteiger charge is 2.15. The summed E-state index contributed by atoms with van der Waals surface area (Å²) in [6.07, 6.45) is 7.60. The summed E-state index contributed by atoms with van der Waals surface area (Å²) in [6, 6.07) is 7.78. The molecule has 24 heavy (non-hydrogen) atoms. The first-order valence-corrected chi connectivity index (χ1v) is 9.58. The summed E-state index contributed by atoms with van der Waals surface area (Å²) in [6.45, 7) is 2.02. The Morgan fingerprint density at radius 3 is 2.79 bits per heavy atom. The molecule has 2 N–H and O–H groups in total. The van der Waals surface area contributed by atoms with Crippen molar-refractivity contribution in [3.63, 3.8) is 0 Å². The lowest BCUT2D eigenvalue weighted by Gasteiger charge is -2.05. The fourth-order valence-corrected chi connectivity index (χ4v) is 3.68. The van der Waals surface area contributed by atoms with E-state index in [1.165, 1.54) is 49.4 Å². The van der Waals surface area contributed by atoms with Crippen LogP contribution in [-0.2, 0) is 11.2 Å². The lowest BCUT2D eigenvalue weighted by atomic mass is 10.0. The van der Waals surface area contributed by atoms with Gasteiger partial charge in [0.2, 0.25) is 11.1 Å². The molecule has 0 aliphatic heterocycles. The lowest BCUT2D eigenvalue weighted by Crippen LogP contribution is -2.14. The van der Waals surface area contributed by atoms with Gasteiger partial charge in [0.05, 0.1) is 5.75 Å². The number of aromatic nitrogens is 3. The largest absolute Gasteiger partial charge is 0.325 e. The van der Waals surface area contributed by atoms with Gasteiger partial charge in [-0.3, -0.25) is 9.89 Å². The van der Waals surface area contributed by atoms with Crippen molar-refractivity contribution >= 4 is 23.4 Å². The van der Waals surface area contributed by atoms with Crippen LogP contribution >= 0.6 is 11.8 Å². The predicted octanol–water partition coefficient (Wildman–Crippen LogP) is 3.97. The van der Waals surface area contributed by atoms with Crippen molar-refractivity contribution in [1.29, 1.82) is 0 Å². The number of benzene rings is 1. The fraction of sp³-hybridized carbons (Fsp3) is 0.500. The molecule has 2 aromatic rings. The number of hydrogen-bond donors (Lipinski definition) is 2. The van der Waals surface area contributed by atoms with Crippen LogP contribution in [0, 0.1) is 12.8 Å². The van der Waals surface area contributed by atoms with Crippen LogP contribution in [0.15, 0.2) is 29.4 Å². The molecule has 1 aromatic carbocycles. The molecule has 0 bridgehead atoms.